The zero-order valence-corrected chi connectivity index (χ0v) is 11.8. The topological polar surface area (TPSA) is 87.6 Å². The molecule has 1 aliphatic heterocycles. The molecule has 0 bridgehead atoms. The van der Waals surface area contributed by atoms with E-state index in [0.29, 0.717) is 17.1 Å². The first-order chi connectivity index (χ1) is 9.16. The van der Waals surface area contributed by atoms with Gasteiger partial charge in [-0.1, -0.05) is 0 Å². The van der Waals surface area contributed by atoms with E-state index in [0.717, 1.165) is 5.56 Å². The number of fused-ring (bicyclic) bond motifs is 1. The van der Waals surface area contributed by atoms with Crippen molar-refractivity contribution in [2.24, 2.45) is 5.73 Å². The molecule has 20 heavy (non-hydrogen) atoms. The van der Waals surface area contributed by atoms with Gasteiger partial charge in [0.05, 0.1) is 22.6 Å². The normalized spacial score (nSPS) is 13.7. The van der Waals surface area contributed by atoms with Gasteiger partial charge in [0, 0.05) is 0 Å². The van der Waals surface area contributed by atoms with Crippen molar-refractivity contribution >= 4 is 29.4 Å². The van der Waals surface area contributed by atoms with E-state index in [4.69, 9.17) is 15.2 Å². The quantitative estimate of drug-likeness (QED) is 0.695. The highest BCUT2D eigenvalue weighted by Gasteiger charge is 2.27. The van der Waals surface area contributed by atoms with Gasteiger partial charge in [0.1, 0.15) is 0 Å². The van der Waals surface area contributed by atoms with Crippen LogP contribution in [0.2, 0.25) is 0 Å². The first-order valence-corrected chi connectivity index (χ1v) is 6.46. The van der Waals surface area contributed by atoms with Gasteiger partial charge in [-0.2, -0.15) is 11.3 Å². The second-order valence-corrected chi connectivity index (χ2v) is 4.84. The third kappa shape index (κ3) is 2.43. The van der Waals surface area contributed by atoms with Crippen LogP contribution < -0.4 is 15.2 Å². The van der Waals surface area contributed by atoms with Crippen molar-refractivity contribution in [2.45, 2.75) is 6.04 Å². The van der Waals surface area contributed by atoms with Crippen LogP contribution in [0, 0.1) is 10.1 Å². The molecule has 2 N–H and O–H groups in total. The highest BCUT2D eigenvalue weighted by molar-refractivity contribution is 7.08. The van der Waals surface area contributed by atoms with Crippen LogP contribution in [0.4, 0.5) is 5.69 Å². The summed E-state index contributed by atoms with van der Waals surface area (Å²) in [6, 6.07) is 4.25. The van der Waals surface area contributed by atoms with Gasteiger partial charge >= 0.3 is 0 Å². The third-order valence-electron chi connectivity index (χ3n) is 2.96. The summed E-state index contributed by atoms with van der Waals surface area (Å²) in [6.45, 7) is 0.0730. The average molecular weight is 315 g/mol. The van der Waals surface area contributed by atoms with Crippen molar-refractivity contribution < 1.29 is 14.4 Å². The molecule has 0 saturated carbocycles. The fourth-order valence-corrected chi connectivity index (χ4v) is 2.68. The summed E-state index contributed by atoms with van der Waals surface area (Å²) in [5.74, 6) is 0.874. The SMILES string of the molecule is Cl.N[C@H](c1ccsc1)c1cc2c(cc1[N+](=O)[O-])OCO2. The Morgan fingerprint density at radius 2 is 2.05 bits per heavy atom. The van der Waals surface area contributed by atoms with Crippen LogP contribution in [0.5, 0.6) is 11.5 Å². The number of ether oxygens (including phenoxy) is 2. The smallest absolute Gasteiger partial charge is 0.278 e. The number of halogens is 1. The number of hydrogen-bond donors (Lipinski definition) is 1. The highest BCUT2D eigenvalue weighted by Crippen LogP contribution is 2.41. The Bertz CT molecular complexity index is 633. The molecule has 0 radical (unpaired) electrons. The molecule has 0 fully saturated rings. The van der Waals surface area contributed by atoms with Gasteiger partial charge in [-0.05, 0) is 28.5 Å². The summed E-state index contributed by atoms with van der Waals surface area (Å²) in [5, 5.41) is 14.9. The maximum Gasteiger partial charge on any atom is 0.278 e. The van der Waals surface area contributed by atoms with Gasteiger partial charge in [0.15, 0.2) is 11.5 Å². The van der Waals surface area contributed by atoms with Crippen LogP contribution in [0.1, 0.15) is 17.2 Å². The minimum Gasteiger partial charge on any atom is -0.454 e. The van der Waals surface area contributed by atoms with Crippen LogP contribution in [0.3, 0.4) is 0 Å². The van der Waals surface area contributed by atoms with Crippen molar-refractivity contribution in [3.05, 3.63) is 50.2 Å². The summed E-state index contributed by atoms with van der Waals surface area (Å²) in [5.41, 5.74) is 7.31. The molecule has 2 aromatic rings. The van der Waals surface area contributed by atoms with Crippen LogP contribution in [-0.2, 0) is 0 Å². The fraction of sp³-hybridized carbons (Fsp3) is 0.167. The fourth-order valence-electron chi connectivity index (χ4n) is 1.99. The van der Waals surface area contributed by atoms with E-state index in [1.165, 1.54) is 17.4 Å². The van der Waals surface area contributed by atoms with E-state index >= 15 is 0 Å². The van der Waals surface area contributed by atoms with Crippen molar-refractivity contribution in [1.29, 1.82) is 0 Å². The molecule has 0 unspecified atom stereocenters. The van der Waals surface area contributed by atoms with Crippen molar-refractivity contribution in [3.8, 4) is 11.5 Å². The summed E-state index contributed by atoms with van der Waals surface area (Å²) in [6.07, 6.45) is 0. The Balaban J connectivity index is 0.00000147. The van der Waals surface area contributed by atoms with E-state index in [-0.39, 0.29) is 24.9 Å². The number of nitro groups is 1. The summed E-state index contributed by atoms with van der Waals surface area (Å²) in [4.78, 5) is 10.7. The first kappa shape index (κ1) is 14.6. The molecule has 1 aliphatic rings. The summed E-state index contributed by atoms with van der Waals surface area (Å²) in [7, 11) is 0. The molecule has 6 nitrogen and oxygen atoms in total. The molecule has 8 heteroatoms. The van der Waals surface area contributed by atoms with Gasteiger partial charge in [0.2, 0.25) is 6.79 Å². The van der Waals surface area contributed by atoms with Crippen LogP contribution >= 0.6 is 23.7 Å². The lowest BCUT2D eigenvalue weighted by Crippen LogP contribution is -2.13. The molecule has 1 aromatic heterocycles. The third-order valence-corrected chi connectivity index (χ3v) is 3.66. The molecule has 0 aliphatic carbocycles. The molecule has 3 rings (SSSR count). The van der Waals surface area contributed by atoms with Gasteiger partial charge < -0.3 is 15.2 Å². The largest absolute Gasteiger partial charge is 0.454 e. The van der Waals surface area contributed by atoms with Gasteiger partial charge in [-0.15, -0.1) is 12.4 Å². The lowest BCUT2D eigenvalue weighted by atomic mass is 10.00. The Morgan fingerprint density at radius 3 is 2.65 bits per heavy atom. The second-order valence-electron chi connectivity index (χ2n) is 4.06. The number of benzene rings is 1. The molecule has 2 heterocycles. The Kier molecular flexibility index (Phi) is 4.12. The Labute approximate surface area is 124 Å². The van der Waals surface area contributed by atoms with Crippen LogP contribution in [0.15, 0.2) is 29.0 Å². The summed E-state index contributed by atoms with van der Waals surface area (Å²) >= 11 is 1.50. The number of nitrogens with zero attached hydrogens (tertiary/aromatic N) is 1. The second kappa shape index (κ2) is 5.66. The predicted molar refractivity (Wildman–Crippen MR) is 76.8 cm³/mol. The number of nitrogens with two attached hydrogens (primary N) is 1. The highest BCUT2D eigenvalue weighted by atomic mass is 35.5. The molecular weight excluding hydrogens is 304 g/mol. The Morgan fingerprint density at radius 1 is 1.35 bits per heavy atom. The molecule has 1 aromatic carbocycles. The zero-order valence-electron chi connectivity index (χ0n) is 10.1. The van der Waals surface area contributed by atoms with Crippen molar-refractivity contribution in [3.63, 3.8) is 0 Å². The summed E-state index contributed by atoms with van der Waals surface area (Å²) < 4.78 is 10.4. The number of hydrogen-bond acceptors (Lipinski definition) is 6. The monoisotopic (exact) mass is 314 g/mol. The van der Waals surface area contributed by atoms with Crippen molar-refractivity contribution in [2.75, 3.05) is 6.79 Å². The standard InChI is InChI=1S/C12H10N2O4S.ClH/c13-12(7-1-2-19-5-7)8-3-10-11(18-6-17-10)4-9(8)14(15)16;/h1-5,12H,6,13H2;1H/t12-;/m1./s1. The first-order valence-electron chi connectivity index (χ1n) is 5.52. The predicted octanol–water partition coefficient (Wildman–Crippen LogP) is 2.85. The molecule has 0 amide bonds. The van der Waals surface area contributed by atoms with Gasteiger partial charge in [-0.25, -0.2) is 0 Å². The minimum absolute atomic E-state index is 0. The molecule has 0 spiro atoms. The van der Waals surface area contributed by atoms with E-state index in [1.807, 2.05) is 16.8 Å². The molecule has 0 saturated heterocycles. The van der Waals surface area contributed by atoms with E-state index < -0.39 is 11.0 Å². The van der Waals surface area contributed by atoms with E-state index in [1.54, 1.807) is 6.07 Å². The van der Waals surface area contributed by atoms with E-state index in [2.05, 4.69) is 0 Å². The minimum atomic E-state index is -0.554. The lowest BCUT2D eigenvalue weighted by Gasteiger charge is -2.11. The van der Waals surface area contributed by atoms with Gasteiger partial charge in [0.25, 0.3) is 5.69 Å². The molecular formula is C12H11ClN2O4S. The van der Waals surface area contributed by atoms with Crippen LogP contribution in [0.25, 0.3) is 0 Å². The lowest BCUT2D eigenvalue weighted by molar-refractivity contribution is -0.385. The van der Waals surface area contributed by atoms with Gasteiger partial charge in [-0.3, -0.25) is 10.1 Å². The van der Waals surface area contributed by atoms with Crippen molar-refractivity contribution in [1.82, 2.24) is 0 Å². The van der Waals surface area contributed by atoms with E-state index in [9.17, 15) is 10.1 Å². The maximum atomic E-state index is 11.2. The Hall–Kier alpha value is -1.83. The average Bonchev–Trinajstić information content (AvgIpc) is 3.06. The molecule has 106 valence electrons. The maximum absolute atomic E-state index is 11.2. The molecule has 1 atom stereocenters. The van der Waals surface area contributed by atoms with Crippen LogP contribution in [-0.4, -0.2) is 11.7 Å². The zero-order chi connectivity index (χ0) is 13.4. The number of nitro benzene ring substituents is 1. The number of rotatable bonds is 3. The number of thiophene rings is 1.